The normalized spacial score (nSPS) is 10.9. The molecule has 5 nitrogen and oxygen atoms in total. The molecule has 2 heterocycles. The first-order valence-corrected chi connectivity index (χ1v) is 6.12. The molecule has 3 rings (SSSR count). The molecule has 2 aromatic heterocycles. The van der Waals surface area contributed by atoms with Gasteiger partial charge in [-0.05, 0) is 13.0 Å². The van der Waals surface area contributed by atoms with Gasteiger partial charge in [-0.1, -0.05) is 30.3 Å². The van der Waals surface area contributed by atoms with E-state index >= 15 is 0 Å². The molecule has 0 spiro atoms. The van der Waals surface area contributed by atoms with Crippen molar-refractivity contribution in [1.29, 1.82) is 0 Å². The van der Waals surface area contributed by atoms with Gasteiger partial charge in [-0.15, -0.1) is 5.10 Å². The van der Waals surface area contributed by atoms with E-state index in [1.165, 1.54) is 0 Å². The number of fused-ring (bicyclic) bond motifs is 1. The van der Waals surface area contributed by atoms with Gasteiger partial charge < -0.3 is 4.90 Å². The summed E-state index contributed by atoms with van der Waals surface area (Å²) >= 11 is 0. The smallest absolute Gasteiger partial charge is 0.254 e. The van der Waals surface area contributed by atoms with Crippen LogP contribution in [0.3, 0.4) is 0 Å². The van der Waals surface area contributed by atoms with Crippen LogP contribution in [0.25, 0.3) is 17.0 Å². The third-order valence-corrected chi connectivity index (χ3v) is 2.90. The Balaban J connectivity index is 2.29. The summed E-state index contributed by atoms with van der Waals surface area (Å²) in [7, 11) is 3.84. The van der Waals surface area contributed by atoms with Gasteiger partial charge in [-0.25, -0.2) is 4.98 Å². The molecule has 0 aliphatic rings. The van der Waals surface area contributed by atoms with Crippen molar-refractivity contribution in [2.75, 3.05) is 19.0 Å². The summed E-state index contributed by atoms with van der Waals surface area (Å²) in [4.78, 5) is 10.7. The lowest BCUT2D eigenvalue weighted by Crippen LogP contribution is -2.10. The molecule has 5 heteroatoms. The highest BCUT2D eigenvalue weighted by molar-refractivity contribution is 5.62. The lowest BCUT2D eigenvalue weighted by molar-refractivity contribution is 0.916. The zero-order valence-electron chi connectivity index (χ0n) is 11.2. The van der Waals surface area contributed by atoms with Gasteiger partial charge in [0.2, 0.25) is 5.95 Å². The Bertz CT molecular complexity index is 715. The molecule has 1 aromatic carbocycles. The maximum atomic E-state index is 4.50. The van der Waals surface area contributed by atoms with Gasteiger partial charge >= 0.3 is 0 Å². The molecule has 0 radical (unpaired) electrons. The van der Waals surface area contributed by atoms with Crippen LogP contribution in [0.5, 0.6) is 0 Å². The van der Waals surface area contributed by atoms with Crippen molar-refractivity contribution in [3.8, 4) is 11.3 Å². The molecular weight excluding hydrogens is 238 g/mol. The van der Waals surface area contributed by atoms with Gasteiger partial charge in [-0.3, -0.25) is 0 Å². The van der Waals surface area contributed by atoms with Crippen LogP contribution in [-0.2, 0) is 0 Å². The Kier molecular flexibility index (Phi) is 2.67. The van der Waals surface area contributed by atoms with Crippen LogP contribution in [-0.4, -0.2) is 33.7 Å². The van der Waals surface area contributed by atoms with Crippen molar-refractivity contribution in [2.45, 2.75) is 6.92 Å². The van der Waals surface area contributed by atoms with Crippen molar-refractivity contribution >= 4 is 11.7 Å². The van der Waals surface area contributed by atoms with Gasteiger partial charge in [-0.2, -0.15) is 9.50 Å². The molecule has 0 fully saturated rings. The fourth-order valence-electron chi connectivity index (χ4n) is 1.98. The Hall–Kier alpha value is -2.43. The fourth-order valence-corrected chi connectivity index (χ4v) is 1.98. The first-order chi connectivity index (χ1) is 9.15. The van der Waals surface area contributed by atoms with Crippen LogP contribution in [0, 0.1) is 6.92 Å². The van der Waals surface area contributed by atoms with E-state index in [4.69, 9.17) is 0 Å². The number of aryl methyl sites for hydroxylation is 1. The lowest BCUT2D eigenvalue weighted by Gasteiger charge is -2.05. The van der Waals surface area contributed by atoms with E-state index in [1.807, 2.05) is 50.2 Å². The topological polar surface area (TPSA) is 46.3 Å². The van der Waals surface area contributed by atoms with E-state index in [9.17, 15) is 0 Å². The second-order valence-corrected chi connectivity index (χ2v) is 4.67. The van der Waals surface area contributed by atoms with Crippen LogP contribution in [0.15, 0.2) is 36.4 Å². The van der Waals surface area contributed by atoms with Crippen molar-refractivity contribution < 1.29 is 0 Å². The van der Waals surface area contributed by atoms with Crippen LogP contribution in [0.1, 0.15) is 5.69 Å². The summed E-state index contributed by atoms with van der Waals surface area (Å²) in [5.41, 5.74) is 3.04. The van der Waals surface area contributed by atoms with Crippen molar-refractivity contribution in [1.82, 2.24) is 19.6 Å². The Labute approximate surface area is 111 Å². The summed E-state index contributed by atoms with van der Waals surface area (Å²) in [5.74, 6) is 1.29. The van der Waals surface area contributed by atoms with Gasteiger partial charge in [0.15, 0.2) is 0 Å². The average Bonchev–Trinajstić information content (AvgIpc) is 2.82. The zero-order valence-corrected chi connectivity index (χ0v) is 11.2. The minimum atomic E-state index is 0.627. The maximum Gasteiger partial charge on any atom is 0.254 e. The second kappa shape index (κ2) is 4.35. The number of hydrogen-bond acceptors (Lipinski definition) is 4. The SMILES string of the molecule is Cc1cc(-c2ccccc2)n2nc(N(C)C)nc2n1. The number of rotatable bonds is 2. The van der Waals surface area contributed by atoms with Gasteiger partial charge in [0, 0.05) is 25.4 Å². The van der Waals surface area contributed by atoms with E-state index in [-0.39, 0.29) is 0 Å². The third-order valence-electron chi connectivity index (χ3n) is 2.90. The minimum Gasteiger partial charge on any atom is -0.346 e. The van der Waals surface area contributed by atoms with Crippen LogP contribution >= 0.6 is 0 Å². The molecule has 19 heavy (non-hydrogen) atoms. The number of hydrogen-bond donors (Lipinski definition) is 0. The quantitative estimate of drug-likeness (QED) is 0.702. The molecular formula is C14H15N5. The molecule has 0 unspecified atom stereocenters. The fraction of sp³-hybridized carbons (Fsp3) is 0.214. The van der Waals surface area contributed by atoms with E-state index in [2.05, 4.69) is 27.2 Å². The zero-order chi connectivity index (χ0) is 13.4. The Morgan fingerprint density at radius 2 is 1.79 bits per heavy atom. The number of anilines is 1. The monoisotopic (exact) mass is 253 g/mol. The average molecular weight is 253 g/mol. The van der Waals surface area contributed by atoms with E-state index in [1.54, 1.807) is 4.52 Å². The summed E-state index contributed by atoms with van der Waals surface area (Å²) in [5, 5.41) is 4.50. The summed E-state index contributed by atoms with van der Waals surface area (Å²) in [6.45, 7) is 1.97. The molecule has 0 N–H and O–H groups in total. The number of benzene rings is 1. The highest BCUT2D eigenvalue weighted by atomic mass is 15.4. The van der Waals surface area contributed by atoms with Crippen LogP contribution < -0.4 is 4.90 Å². The summed E-state index contributed by atoms with van der Waals surface area (Å²) in [6.07, 6.45) is 0. The van der Waals surface area contributed by atoms with E-state index in [0.717, 1.165) is 17.0 Å². The third kappa shape index (κ3) is 2.03. The highest BCUT2D eigenvalue weighted by Crippen LogP contribution is 2.21. The van der Waals surface area contributed by atoms with Gasteiger partial charge in [0.1, 0.15) is 0 Å². The standard InChI is InChI=1S/C14H15N5/c1-10-9-12(11-7-5-4-6-8-11)19-13(15-10)16-14(17-19)18(2)3/h4-9H,1-3H3. The molecule has 0 aliphatic carbocycles. The second-order valence-electron chi connectivity index (χ2n) is 4.67. The molecule has 0 bridgehead atoms. The number of aromatic nitrogens is 4. The molecule has 0 atom stereocenters. The van der Waals surface area contributed by atoms with Crippen molar-refractivity contribution in [2.24, 2.45) is 0 Å². The molecule has 0 aliphatic heterocycles. The summed E-state index contributed by atoms with van der Waals surface area (Å²) < 4.78 is 1.79. The predicted octanol–water partition coefficient (Wildman–Crippen LogP) is 2.17. The first kappa shape index (κ1) is 11.6. The van der Waals surface area contributed by atoms with Gasteiger partial charge in [0.25, 0.3) is 5.78 Å². The highest BCUT2D eigenvalue weighted by Gasteiger charge is 2.11. The Morgan fingerprint density at radius 1 is 1.05 bits per heavy atom. The van der Waals surface area contributed by atoms with Crippen molar-refractivity contribution in [3.63, 3.8) is 0 Å². The maximum absolute atomic E-state index is 4.50. The molecule has 3 aromatic rings. The van der Waals surface area contributed by atoms with Gasteiger partial charge in [0.05, 0.1) is 5.69 Å². The summed E-state index contributed by atoms with van der Waals surface area (Å²) in [6, 6.07) is 12.2. The van der Waals surface area contributed by atoms with Crippen LogP contribution in [0.2, 0.25) is 0 Å². The molecule has 0 saturated carbocycles. The molecule has 0 amide bonds. The largest absolute Gasteiger partial charge is 0.346 e. The van der Waals surface area contributed by atoms with Crippen LogP contribution in [0.4, 0.5) is 5.95 Å². The predicted molar refractivity (Wildman–Crippen MR) is 75.3 cm³/mol. The minimum absolute atomic E-state index is 0.627. The van der Waals surface area contributed by atoms with Crippen molar-refractivity contribution in [3.05, 3.63) is 42.1 Å². The van der Waals surface area contributed by atoms with E-state index < -0.39 is 0 Å². The lowest BCUT2D eigenvalue weighted by atomic mass is 10.1. The first-order valence-electron chi connectivity index (χ1n) is 6.12. The Morgan fingerprint density at radius 3 is 2.47 bits per heavy atom. The molecule has 0 saturated heterocycles. The van der Waals surface area contributed by atoms with E-state index in [0.29, 0.717) is 11.7 Å². The number of nitrogens with zero attached hydrogens (tertiary/aromatic N) is 5. The molecule has 96 valence electrons.